The third-order valence-electron chi connectivity index (χ3n) is 4.71. The first-order valence-electron chi connectivity index (χ1n) is 10.2. The summed E-state index contributed by atoms with van der Waals surface area (Å²) in [7, 11) is 0. The Morgan fingerprint density at radius 3 is 2.74 bits per heavy atom. The first-order valence-corrected chi connectivity index (χ1v) is 10.2. The van der Waals surface area contributed by atoms with E-state index in [1.165, 1.54) is 0 Å². The molecular weight excluding hydrogens is 396 g/mol. The molecule has 2 aromatic heterocycles. The minimum Gasteiger partial charge on any atom is -0.444 e. The number of rotatable bonds is 4. The monoisotopic (exact) mass is 422 g/mol. The van der Waals surface area contributed by atoms with Crippen molar-refractivity contribution in [3.63, 3.8) is 0 Å². The quantitative estimate of drug-likeness (QED) is 0.587. The van der Waals surface area contributed by atoms with Crippen molar-refractivity contribution in [2.45, 2.75) is 32.4 Å². The molecule has 1 atom stereocenters. The van der Waals surface area contributed by atoms with Crippen LogP contribution in [0, 0.1) is 0 Å². The topological polar surface area (TPSA) is 121 Å². The van der Waals surface area contributed by atoms with E-state index in [0.717, 1.165) is 16.9 Å². The molecule has 3 aromatic rings. The SMILES string of the molecule is CC(C)(C)OC(=O)N1CCNCC1c1nccc(Nc2ccc(-c3cn[nH]n3)cc2)n1. The van der Waals surface area contributed by atoms with Crippen molar-refractivity contribution in [3.8, 4) is 11.3 Å². The van der Waals surface area contributed by atoms with Crippen molar-refractivity contribution >= 4 is 17.6 Å². The molecule has 0 spiro atoms. The third kappa shape index (κ3) is 5.15. The Kier molecular flexibility index (Phi) is 5.81. The summed E-state index contributed by atoms with van der Waals surface area (Å²) in [5, 5.41) is 17.1. The number of nitrogens with one attached hydrogen (secondary N) is 3. The summed E-state index contributed by atoms with van der Waals surface area (Å²) in [6, 6.07) is 9.29. The number of carbonyl (C=O) groups is 1. The van der Waals surface area contributed by atoms with E-state index in [2.05, 4.69) is 36.0 Å². The van der Waals surface area contributed by atoms with Crippen LogP contribution in [-0.2, 0) is 4.74 Å². The van der Waals surface area contributed by atoms with Gasteiger partial charge in [0.15, 0.2) is 5.82 Å². The average Bonchev–Trinajstić information content (AvgIpc) is 3.28. The lowest BCUT2D eigenvalue weighted by Crippen LogP contribution is -2.50. The van der Waals surface area contributed by atoms with Crippen LogP contribution in [-0.4, -0.2) is 61.6 Å². The van der Waals surface area contributed by atoms with Crippen molar-refractivity contribution in [1.82, 2.24) is 35.6 Å². The van der Waals surface area contributed by atoms with E-state index >= 15 is 0 Å². The van der Waals surface area contributed by atoms with Gasteiger partial charge < -0.3 is 15.4 Å². The molecule has 3 heterocycles. The fourth-order valence-corrected chi connectivity index (χ4v) is 3.29. The second-order valence-corrected chi connectivity index (χ2v) is 8.25. The Balaban J connectivity index is 1.50. The zero-order chi connectivity index (χ0) is 21.8. The number of piperazine rings is 1. The number of carbonyl (C=O) groups excluding carboxylic acids is 1. The zero-order valence-corrected chi connectivity index (χ0v) is 17.8. The first-order chi connectivity index (χ1) is 14.9. The van der Waals surface area contributed by atoms with E-state index in [1.54, 1.807) is 23.4 Å². The first kappa shape index (κ1) is 20.7. The number of ether oxygens (including phenoxy) is 1. The van der Waals surface area contributed by atoms with Gasteiger partial charge >= 0.3 is 6.09 Å². The molecule has 10 nitrogen and oxygen atoms in total. The molecule has 1 unspecified atom stereocenters. The fraction of sp³-hybridized carbons (Fsp3) is 0.381. The van der Waals surface area contributed by atoms with Crippen molar-refractivity contribution in [1.29, 1.82) is 0 Å². The van der Waals surface area contributed by atoms with Gasteiger partial charge in [0.25, 0.3) is 0 Å². The van der Waals surface area contributed by atoms with Gasteiger partial charge in [-0.3, -0.25) is 4.90 Å². The minimum absolute atomic E-state index is 0.306. The average molecular weight is 422 g/mol. The Labute approximate surface area is 180 Å². The number of hydrogen-bond acceptors (Lipinski definition) is 8. The molecule has 0 saturated carbocycles. The Morgan fingerprint density at radius 1 is 1.23 bits per heavy atom. The summed E-state index contributed by atoms with van der Waals surface area (Å²) in [6.45, 7) is 7.37. The van der Waals surface area contributed by atoms with E-state index in [-0.39, 0.29) is 12.1 Å². The van der Waals surface area contributed by atoms with Crippen LogP contribution in [0.15, 0.2) is 42.7 Å². The number of anilines is 2. The van der Waals surface area contributed by atoms with Crippen LogP contribution in [0.5, 0.6) is 0 Å². The number of hydrogen-bond donors (Lipinski definition) is 3. The molecule has 1 saturated heterocycles. The molecule has 10 heteroatoms. The number of H-pyrrole nitrogens is 1. The van der Waals surface area contributed by atoms with Crippen LogP contribution in [0.2, 0.25) is 0 Å². The predicted octanol–water partition coefficient (Wildman–Crippen LogP) is 2.89. The van der Waals surface area contributed by atoms with Gasteiger partial charge in [-0.05, 0) is 39.0 Å². The lowest BCUT2D eigenvalue weighted by Gasteiger charge is -2.36. The fourth-order valence-electron chi connectivity index (χ4n) is 3.29. The van der Waals surface area contributed by atoms with Crippen molar-refractivity contribution < 1.29 is 9.53 Å². The summed E-state index contributed by atoms with van der Waals surface area (Å²) in [6.07, 6.45) is 3.01. The molecular formula is C21H26N8O2. The van der Waals surface area contributed by atoms with Crippen molar-refractivity contribution in [3.05, 3.63) is 48.5 Å². The lowest BCUT2D eigenvalue weighted by molar-refractivity contribution is 0.0108. The minimum atomic E-state index is -0.561. The third-order valence-corrected chi connectivity index (χ3v) is 4.71. The number of nitrogens with zero attached hydrogens (tertiary/aromatic N) is 5. The molecule has 1 aromatic carbocycles. The van der Waals surface area contributed by atoms with Gasteiger partial charge in [0.05, 0.1) is 6.20 Å². The molecule has 1 fully saturated rings. The van der Waals surface area contributed by atoms with Crippen molar-refractivity contribution in [2.24, 2.45) is 0 Å². The summed E-state index contributed by atoms with van der Waals surface area (Å²) < 4.78 is 5.57. The van der Waals surface area contributed by atoms with Crippen LogP contribution in [0.3, 0.4) is 0 Å². The molecule has 3 N–H and O–H groups in total. The second kappa shape index (κ2) is 8.68. The van der Waals surface area contributed by atoms with Crippen LogP contribution in [0.1, 0.15) is 32.6 Å². The van der Waals surface area contributed by atoms with E-state index in [9.17, 15) is 4.79 Å². The molecule has 0 bridgehead atoms. The number of aromatic amines is 1. The summed E-state index contributed by atoms with van der Waals surface area (Å²) in [4.78, 5) is 23.5. The normalized spacial score (nSPS) is 16.7. The maximum Gasteiger partial charge on any atom is 0.411 e. The standard InChI is InChI=1S/C21H26N8O2/c1-21(2,3)31-20(30)29-11-10-22-13-17(29)19-23-9-8-18(26-19)25-15-6-4-14(5-7-15)16-12-24-28-27-16/h4-9,12,17,22H,10-11,13H2,1-3H3,(H,23,25,26)(H,24,27,28). The highest BCUT2D eigenvalue weighted by Crippen LogP contribution is 2.24. The van der Waals surface area contributed by atoms with Gasteiger partial charge in [-0.2, -0.15) is 15.4 Å². The summed E-state index contributed by atoms with van der Waals surface area (Å²) >= 11 is 0. The second-order valence-electron chi connectivity index (χ2n) is 8.25. The molecule has 4 rings (SSSR count). The largest absolute Gasteiger partial charge is 0.444 e. The van der Waals surface area contributed by atoms with E-state index in [4.69, 9.17) is 4.74 Å². The maximum atomic E-state index is 12.7. The van der Waals surface area contributed by atoms with E-state index in [1.807, 2.05) is 45.0 Å². The Bertz CT molecular complexity index is 1010. The summed E-state index contributed by atoms with van der Waals surface area (Å²) in [5.74, 6) is 1.20. The van der Waals surface area contributed by atoms with Gasteiger partial charge in [0.2, 0.25) is 0 Å². The molecule has 31 heavy (non-hydrogen) atoms. The van der Waals surface area contributed by atoms with E-state index in [0.29, 0.717) is 31.3 Å². The van der Waals surface area contributed by atoms with Crippen LogP contribution in [0.4, 0.5) is 16.3 Å². The van der Waals surface area contributed by atoms with E-state index < -0.39 is 5.60 Å². The Morgan fingerprint density at radius 2 is 2.03 bits per heavy atom. The van der Waals surface area contributed by atoms with Gasteiger partial charge in [0, 0.05) is 37.1 Å². The molecule has 1 aliphatic rings. The lowest BCUT2D eigenvalue weighted by atomic mass is 10.1. The summed E-state index contributed by atoms with van der Waals surface area (Å²) in [5.41, 5.74) is 2.06. The van der Waals surface area contributed by atoms with Gasteiger partial charge in [-0.1, -0.05) is 12.1 Å². The Hall–Kier alpha value is -3.53. The smallest absolute Gasteiger partial charge is 0.411 e. The molecule has 1 aliphatic heterocycles. The molecule has 0 radical (unpaired) electrons. The molecule has 162 valence electrons. The van der Waals surface area contributed by atoms with Gasteiger partial charge in [-0.25, -0.2) is 14.8 Å². The van der Waals surface area contributed by atoms with Crippen LogP contribution in [0.25, 0.3) is 11.3 Å². The van der Waals surface area contributed by atoms with Crippen molar-refractivity contribution in [2.75, 3.05) is 25.0 Å². The zero-order valence-electron chi connectivity index (χ0n) is 17.8. The van der Waals surface area contributed by atoms with Gasteiger partial charge in [-0.15, -0.1) is 0 Å². The molecule has 0 aliphatic carbocycles. The number of amides is 1. The number of aromatic nitrogens is 5. The highest BCUT2D eigenvalue weighted by atomic mass is 16.6. The number of benzene rings is 1. The van der Waals surface area contributed by atoms with Crippen LogP contribution >= 0.6 is 0 Å². The maximum absolute atomic E-state index is 12.7. The predicted molar refractivity (Wildman–Crippen MR) is 116 cm³/mol. The highest BCUT2D eigenvalue weighted by Gasteiger charge is 2.33. The van der Waals surface area contributed by atoms with Gasteiger partial charge in [0.1, 0.15) is 23.2 Å². The highest BCUT2D eigenvalue weighted by molar-refractivity contribution is 5.69. The van der Waals surface area contributed by atoms with Crippen LogP contribution < -0.4 is 10.6 Å². The molecule has 1 amide bonds.